The summed E-state index contributed by atoms with van der Waals surface area (Å²) in [5.41, 5.74) is -0.0539. The van der Waals surface area contributed by atoms with Crippen molar-refractivity contribution in [3.8, 4) is 5.75 Å². The molecule has 0 saturated carbocycles. The maximum absolute atomic E-state index is 13.7. The van der Waals surface area contributed by atoms with E-state index >= 15 is 0 Å². The first-order chi connectivity index (χ1) is 12.5. The monoisotopic (exact) mass is 366 g/mol. The van der Waals surface area contributed by atoms with E-state index in [-0.39, 0.29) is 43.5 Å². The summed E-state index contributed by atoms with van der Waals surface area (Å²) < 4.78 is 45.6. The third-order valence-electron chi connectivity index (χ3n) is 3.76. The maximum atomic E-state index is 13.7. The first kappa shape index (κ1) is 19.8. The number of nitrogens with zero attached hydrogens (tertiary/aromatic N) is 1. The lowest BCUT2D eigenvalue weighted by atomic mass is 10.2. The van der Waals surface area contributed by atoms with Crippen molar-refractivity contribution in [3.63, 3.8) is 0 Å². The van der Waals surface area contributed by atoms with E-state index in [0.717, 1.165) is 0 Å². The summed E-state index contributed by atoms with van der Waals surface area (Å²) in [5.74, 6) is -1.37. The van der Waals surface area contributed by atoms with Gasteiger partial charge in [-0.2, -0.15) is 0 Å². The zero-order chi connectivity index (χ0) is 18.9. The predicted octanol–water partition coefficient (Wildman–Crippen LogP) is 3.12. The van der Waals surface area contributed by atoms with Crippen LogP contribution in [-0.4, -0.2) is 37.0 Å². The number of hydrogen-bond acceptors (Lipinski definition) is 3. The molecule has 0 spiro atoms. The Morgan fingerprint density at radius 3 is 2.35 bits per heavy atom. The zero-order valence-corrected chi connectivity index (χ0v) is 14.5. The van der Waals surface area contributed by atoms with Crippen LogP contribution in [0.1, 0.15) is 12.5 Å². The number of nitrogens with one attached hydrogen (secondary N) is 1. The average Bonchev–Trinajstić information content (AvgIpc) is 2.62. The molecule has 1 amide bonds. The summed E-state index contributed by atoms with van der Waals surface area (Å²) >= 11 is 0. The quantitative estimate of drug-likeness (QED) is 0.694. The second-order valence-corrected chi connectivity index (χ2v) is 5.66. The number of amides is 1. The van der Waals surface area contributed by atoms with Gasteiger partial charge in [-0.25, -0.2) is 13.2 Å². The van der Waals surface area contributed by atoms with Crippen LogP contribution in [0.3, 0.4) is 0 Å². The Labute approximate surface area is 150 Å². The average molecular weight is 366 g/mol. The fraction of sp³-hybridized carbons (Fsp3) is 0.316. The molecule has 0 aliphatic carbocycles. The third-order valence-corrected chi connectivity index (χ3v) is 3.76. The lowest BCUT2D eigenvalue weighted by Crippen LogP contribution is -2.38. The van der Waals surface area contributed by atoms with Crippen molar-refractivity contribution in [3.05, 3.63) is 65.5 Å². The number of likely N-dealkylation sites (N-methyl/N-ethyl adjacent to an activating group) is 1. The predicted molar refractivity (Wildman–Crippen MR) is 92.2 cm³/mol. The molecule has 0 aliphatic heterocycles. The minimum atomic E-state index is -0.628. The molecular formula is C19H21F3N2O2. The van der Waals surface area contributed by atoms with Gasteiger partial charge in [0.25, 0.3) is 0 Å². The molecule has 0 aliphatic rings. The van der Waals surface area contributed by atoms with E-state index in [1.54, 1.807) is 4.90 Å². The molecule has 1 N–H and O–H groups in total. The fourth-order valence-electron chi connectivity index (χ4n) is 2.34. The van der Waals surface area contributed by atoms with E-state index in [1.807, 2.05) is 6.92 Å². The Morgan fingerprint density at radius 1 is 1.08 bits per heavy atom. The van der Waals surface area contributed by atoms with Crippen molar-refractivity contribution in [1.82, 2.24) is 10.2 Å². The van der Waals surface area contributed by atoms with Gasteiger partial charge < -0.3 is 10.1 Å². The molecule has 0 heterocycles. The van der Waals surface area contributed by atoms with E-state index in [0.29, 0.717) is 12.3 Å². The lowest BCUT2D eigenvalue weighted by Gasteiger charge is -2.20. The Balaban J connectivity index is 1.75. The van der Waals surface area contributed by atoms with Crippen LogP contribution in [0, 0.1) is 17.5 Å². The molecule has 0 atom stereocenters. The van der Waals surface area contributed by atoms with Crippen molar-refractivity contribution in [2.24, 2.45) is 0 Å². The van der Waals surface area contributed by atoms with Gasteiger partial charge >= 0.3 is 0 Å². The van der Waals surface area contributed by atoms with Gasteiger partial charge in [0.05, 0.1) is 13.1 Å². The minimum Gasteiger partial charge on any atom is -0.492 e. The SMILES string of the molecule is CCN(CC(=O)NCCOc1ccc(F)cc1)Cc1c(F)cccc1F. The minimum absolute atomic E-state index is 0.00844. The number of benzene rings is 2. The topological polar surface area (TPSA) is 41.6 Å². The van der Waals surface area contributed by atoms with Crippen LogP contribution < -0.4 is 10.1 Å². The van der Waals surface area contributed by atoms with Crippen LogP contribution in [0.4, 0.5) is 13.2 Å². The molecule has 0 unspecified atom stereocenters. The van der Waals surface area contributed by atoms with Gasteiger partial charge in [0, 0.05) is 12.1 Å². The Kier molecular flexibility index (Phi) is 7.47. The van der Waals surface area contributed by atoms with Gasteiger partial charge in [0.2, 0.25) is 5.91 Å². The van der Waals surface area contributed by atoms with Gasteiger partial charge in [-0.15, -0.1) is 0 Å². The van der Waals surface area contributed by atoms with Crippen LogP contribution in [0.15, 0.2) is 42.5 Å². The van der Waals surface area contributed by atoms with Gasteiger partial charge in [0.1, 0.15) is 29.8 Å². The van der Waals surface area contributed by atoms with Crippen molar-refractivity contribution >= 4 is 5.91 Å². The number of carbonyl (C=O) groups excluding carboxylic acids is 1. The van der Waals surface area contributed by atoms with E-state index < -0.39 is 11.6 Å². The first-order valence-corrected chi connectivity index (χ1v) is 8.30. The number of halogens is 3. The largest absolute Gasteiger partial charge is 0.492 e. The van der Waals surface area contributed by atoms with E-state index in [1.165, 1.54) is 42.5 Å². The number of ether oxygens (including phenoxy) is 1. The van der Waals surface area contributed by atoms with E-state index in [2.05, 4.69) is 5.32 Å². The summed E-state index contributed by atoms with van der Waals surface area (Å²) in [4.78, 5) is 13.6. The van der Waals surface area contributed by atoms with Gasteiger partial charge in [-0.05, 0) is 42.9 Å². The molecule has 7 heteroatoms. The smallest absolute Gasteiger partial charge is 0.234 e. The number of carbonyl (C=O) groups is 1. The van der Waals surface area contributed by atoms with Crippen LogP contribution in [0.2, 0.25) is 0 Å². The molecule has 0 fully saturated rings. The molecule has 2 aromatic rings. The van der Waals surface area contributed by atoms with Gasteiger partial charge in [-0.1, -0.05) is 13.0 Å². The Bertz CT molecular complexity index is 703. The van der Waals surface area contributed by atoms with Crippen LogP contribution in [0.5, 0.6) is 5.75 Å². The Hall–Kier alpha value is -2.54. The normalized spacial score (nSPS) is 10.8. The fourth-order valence-corrected chi connectivity index (χ4v) is 2.34. The molecule has 2 rings (SSSR count). The third kappa shape index (κ3) is 6.07. The van der Waals surface area contributed by atoms with Crippen molar-refractivity contribution in [1.29, 1.82) is 0 Å². The molecule has 0 radical (unpaired) electrons. The lowest BCUT2D eigenvalue weighted by molar-refractivity contribution is -0.122. The molecular weight excluding hydrogens is 345 g/mol. The summed E-state index contributed by atoms with van der Waals surface area (Å²) in [6.07, 6.45) is 0. The van der Waals surface area contributed by atoms with Crippen molar-refractivity contribution in [2.45, 2.75) is 13.5 Å². The molecule has 0 bridgehead atoms. The second kappa shape index (κ2) is 9.82. The van der Waals surface area contributed by atoms with E-state index in [9.17, 15) is 18.0 Å². The van der Waals surface area contributed by atoms with Crippen molar-refractivity contribution < 1.29 is 22.7 Å². The molecule has 0 saturated heterocycles. The van der Waals surface area contributed by atoms with E-state index in [4.69, 9.17) is 4.74 Å². The summed E-state index contributed by atoms with van der Waals surface area (Å²) in [7, 11) is 0. The van der Waals surface area contributed by atoms with Crippen LogP contribution in [-0.2, 0) is 11.3 Å². The second-order valence-electron chi connectivity index (χ2n) is 5.66. The highest BCUT2D eigenvalue weighted by Gasteiger charge is 2.15. The zero-order valence-electron chi connectivity index (χ0n) is 14.5. The van der Waals surface area contributed by atoms with Crippen LogP contribution in [0.25, 0.3) is 0 Å². The molecule has 26 heavy (non-hydrogen) atoms. The maximum Gasteiger partial charge on any atom is 0.234 e. The molecule has 4 nitrogen and oxygen atoms in total. The highest BCUT2D eigenvalue weighted by molar-refractivity contribution is 5.77. The molecule has 2 aromatic carbocycles. The highest BCUT2D eigenvalue weighted by atomic mass is 19.1. The number of hydrogen-bond donors (Lipinski definition) is 1. The van der Waals surface area contributed by atoms with Gasteiger partial charge in [0.15, 0.2) is 0 Å². The van der Waals surface area contributed by atoms with Crippen LogP contribution >= 0.6 is 0 Å². The van der Waals surface area contributed by atoms with Crippen molar-refractivity contribution in [2.75, 3.05) is 26.2 Å². The van der Waals surface area contributed by atoms with Gasteiger partial charge in [-0.3, -0.25) is 9.69 Å². The number of rotatable bonds is 9. The highest BCUT2D eigenvalue weighted by Crippen LogP contribution is 2.14. The summed E-state index contributed by atoms with van der Waals surface area (Å²) in [6, 6.07) is 9.26. The Morgan fingerprint density at radius 2 is 1.73 bits per heavy atom. The molecule has 0 aromatic heterocycles. The standard InChI is InChI=1S/C19H21F3N2O2/c1-2-24(12-16-17(21)4-3-5-18(16)22)13-19(25)23-10-11-26-15-8-6-14(20)7-9-15/h3-9H,2,10-13H2,1H3,(H,23,25). The summed E-state index contributed by atoms with van der Waals surface area (Å²) in [6.45, 7) is 2.79. The summed E-state index contributed by atoms with van der Waals surface area (Å²) in [5, 5.41) is 2.68. The first-order valence-electron chi connectivity index (χ1n) is 8.30. The molecule has 140 valence electrons.